The highest BCUT2D eigenvalue weighted by molar-refractivity contribution is 7.93. The van der Waals surface area contributed by atoms with Crippen molar-refractivity contribution in [1.29, 1.82) is 0 Å². The van der Waals surface area contributed by atoms with Crippen molar-refractivity contribution < 1.29 is 31.1 Å². The summed E-state index contributed by atoms with van der Waals surface area (Å²) in [6.45, 7) is 0.719. The molecule has 28 heavy (non-hydrogen) atoms. The fourth-order valence-electron chi connectivity index (χ4n) is 3.00. The van der Waals surface area contributed by atoms with Gasteiger partial charge in [0, 0.05) is 29.9 Å². The van der Waals surface area contributed by atoms with Crippen LogP contribution in [0.25, 0.3) is 0 Å². The molecular weight excluding hydrogens is 397 g/mol. The fraction of sp³-hybridized carbons (Fsp3) is 0.278. The van der Waals surface area contributed by atoms with Gasteiger partial charge >= 0.3 is 15.5 Å². The molecule has 1 aliphatic rings. The van der Waals surface area contributed by atoms with Crippen molar-refractivity contribution in [2.75, 3.05) is 18.4 Å². The lowest BCUT2D eigenvalue weighted by atomic mass is 9.97. The number of hydrogen-bond acceptors (Lipinski definition) is 4. The van der Waals surface area contributed by atoms with Crippen molar-refractivity contribution in [3.8, 4) is 5.75 Å². The number of carbonyl (C=O) groups is 1. The van der Waals surface area contributed by atoms with E-state index in [1.807, 2.05) is 0 Å². The summed E-state index contributed by atoms with van der Waals surface area (Å²) in [4.78, 5) is 14.3. The van der Waals surface area contributed by atoms with Gasteiger partial charge in [0.15, 0.2) is 0 Å². The Hall–Kier alpha value is -2.75. The minimum Gasteiger partial charge on any atom is -0.496 e. The van der Waals surface area contributed by atoms with Crippen molar-refractivity contribution >= 4 is 21.6 Å². The first kappa shape index (κ1) is 20.0. The number of amides is 1. The predicted molar refractivity (Wildman–Crippen MR) is 96.5 cm³/mol. The largest absolute Gasteiger partial charge is 0.516 e. The Morgan fingerprint density at radius 2 is 1.82 bits per heavy atom. The Balaban J connectivity index is 1.72. The van der Waals surface area contributed by atoms with Crippen LogP contribution < -0.4 is 9.46 Å². The van der Waals surface area contributed by atoms with Crippen LogP contribution in [-0.2, 0) is 23.0 Å². The predicted octanol–water partition coefficient (Wildman–Crippen LogP) is 3.16. The monoisotopic (exact) mass is 414 g/mol. The maximum Gasteiger partial charge on any atom is 0.516 e. The molecule has 1 N–H and O–H groups in total. The summed E-state index contributed by atoms with van der Waals surface area (Å²) in [6, 6.07) is 10.7. The average Bonchev–Trinajstić information content (AvgIpc) is 2.64. The number of nitrogens with one attached hydrogen (secondary N) is 1. The molecule has 1 amide bonds. The van der Waals surface area contributed by atoms with E-state index in [0.717, 1.165) is 5.56 Å². The number of carbonyl (C=O) groups excluding carboxylic acids is 1. The number of rotatable bonds is 5. The van der Waals surface area contributed by atoms with E-state index in [1.165, 1.54) is 29.0 Å². The van der Waals surface area contributed by atoms with Crippen molar-refractivity contribution in [3.63, 3.8) is 0 Å². The normalized spacial score (nSPS) is 14.6. The fourth-order valence-corrected chi connectivity index (χ4v) is 3.56. The third-order valence-electron chi connectivity index (χ3n) is 4.39. The number of nitrogens with zero attached hydrogens (tertiary/aromatic N) is 1. The van der Waals surface area contributed by atoms with E-state index in [4.69, 9.17) is 4.74 Å². The zero-order chi connectivity index (χ0) is 20.5. The first-order valence-corrected chi connectivity index (χ1v) is 9.74. The molecule has 0 spiro atoms. The third kappa shape index (κ3) is 3.91. The number of hydrogen-bond donors (Lipinski definition) is 1. The Kier molecular flexibility index (Phi) is 5.24. The molecule has 1 aliphatic heterocycles. The summed E-state index contributed by atoms with van der Waals surface area (Å²) in [5, 5.41) is 0. The van der Waals surface area contributed by atoms with Crippen LogP contribution in [0.2, 0.25) is 0 Å². The van der Waals surface area contributed by atoms with Crippen molar-refractivity contribution in [2.24, 2.45) is 0 Å². The third-order valence-corrected chi connectivity index (χ3v) is 5.50. The standard InChI is InChI=1S/C18H17F3N2O4S/c1-27-16-4-2-3-15-14(16)9-10-23(17(15)24)11-12-5-7-13(8-6-12)22-28(25,26)18(19,20)21/h2-8,22H,9-11H2,1H3. The topological polar surface area (TPSA) is 75.7 Å². The molecule has 0 saturated heterocycles. The van der Waals surface area contributed by atoms with Gasteiger partial charge in [0.1, 0.15) is 5.75 Å². The van der Waals surface area contributed by atoms with E-state index >= 15 is 0 Å². The molecular formula is C18H17F3N2O4S. The van der Waals surface area contributed by atoms with Gasteiger partial charge < -0.3 is 9.64 Å². The van der Waals surface area contributed by atoms with Gasteiger partial charge in [-0.2, -0.15) is 21.6 Å². The average molecular weight is 414 g/mol. The number of alkyl halides is 3. The van der Waals surface area contributed by atoms with E-state index < -0.39 is 15.5 Å². The molecule has 150 valence electrons. The highest BCUT2D eigenvalue weighted by Crippen LogP contribution is 2.29. The zero-order valence-corrected chi connectivity index (χ0v) is 15.6. The summed E-state index contributed by atoms with van der Waals surface area (Å²) in [6.07, 6.45) is 0.620. The van der Waals surface area contributed by atoms with Crippen LogP contribution in [0.1, 0.15) is 21.5 Å². The molecule has 6 nitrogen and oxygen atoms in total. The number of halogens is 3. The van der Waals surface area contributed by atoms with Gasteiger partial charge in [-0.15, -0.1) is 0 Å². The molecule has 1 heterocycles. The van der Waals surface area contributed by atoms with Crippen LogP contribution in [-0.4, -0.2) is 38.4 Å². The van der Waals surface area contributed by atoms with E-state index in [-0.39, 0.29) is 18.1 Å². The minimum atomic E-state index is -5.47. The molecule has 0 atom stereocenters. The van der Waals surface area contributed by atoms with Gasteiger partial charge in [0.2, 0.25) is 0 Å². The number of anilines is 1. The van der Waals surface area contributed by atoms with Crippen LogP contribution in [0.5, 0.6) is 5.75 Å². The second-order valence-corrected chi connectivity index (χ2v) is 7.89. The van der Waals surface area contributed by atoms with Gasteiger partial charge in [-0.1, -0.05) is 18.2 Å². The summed E-state index contributed by atoms with van der Waals surface area (Å²) < 4.78 is 66.3. The Morgan fingerprint density at radius 3 is 2.43 bits per heavy atom. The lowest BCUT2D eigenvalue weighted by Crippen LogP contribution is -2.37. The minimum absolute atomic E-state index is 0.165. The number of fused-ring (bicyclic) bond motifs is 1. The second-order valence-electron chi connectivity index (χ2n) is 6.21. The highest BCUT2D eigenvalue weighted by atomic mass is 32.2. The van der Waals surface area contributed by atoms with Crippen LogP contribution in [0.4, 0.5) is 18.9 Å². The Bertz CT molecular complexity index is 989. The smallest absolute Gasteiger partial charge is 0.496 e. The van der Waals surface area contributed by atoms with Crippen LogP contribution in [0.15, 0.2) is 42.5 Å². The molecule has 0 aromatic heterocycles. The van der Waals surface area contributed by atoms with Crippen molar-refractivity contribution in [3.05, 3.63) is 59.2 Å². The quantitative estimate of drug-likeness (QED) is 0.816. The van der Waals surface area contributed by atoms with Gasteiger partial charge in [-0.25, -0.2) is 0 Å². The summed E-state index contributed by atoms with van der Waals surface area (Å²) >= 11 is 0. The van der Waals surface area contributed by atoms with Crippen LogP contribution >= 0.6 is 0 Å². The molecule has 0 aliphatic carbocycles. The Morgan fingerprint density at radius 1 is 1.14 bits per heavy atom. The van der Waals surface area contributed by atoms with Crippen LogP contribution in [0, 0.1) is 0 Å². The number of methoxy groups -OCH3 is 1. The van der Waals surface area contributed by atoms with Crippen molar-refractivity contribution in [2.45, 2.75) is 18.5 Å². The SMILES string of the molecule is COc1cccc2c1CCN(Cc1ccc(NS(=O)(=O)C(F)(F)F)cc1)C2=O. The molecule has 3 rings (SSSR count). The number of benzene rings is 2. The zero-order valence-electron chi connectivity index (χ0n) is 14.8. The summed E-state index contributed by atoms with van der Waals surface area (Å²) in [5.41, 5.74) is -3.53. The summed E-state index contributed by atoms with van der Waals surface area (Å²) in [5.74, 6) is 0.494. The molecule has 0 bridgehead atoms. The van der Waals surface area contributed by atoms with E-state index in [2.05, 4.69) is 0 Å². The molecule has 0 unspecified atom stereocenters. The molecule has 2 aromatic rings. The molecule has 2 aromatic carbocycles. The van der Waals surface area contributed by atoms with Crippen molar-refractivity contribution in [1.82, 2.24) is 4.90 Å². The molecule has 0 saturated carbocycles. The first-order valence-electron chi connectivity index (χ1n) is 8.25. The van der Waals surface area contributed by atoms with Gasteiger partial charge in [0.05, 0.1) is 7.11 Å². The lowest BCUT2D eigenvalue weighted by Gasteiger charge is -2.29. The van der Waals surface area contributed by atoms with Gasteiger partial charge in [0.25, 0.3) is 5.91 Å². The molecule has 0 radical (unpaired) electrons. The van der Waals surface area contributed by atoms with Gasteiger partial charge in [-0.3, -0.25) is 9.52 Å². The Labute approximate surface area is 160 Å². The number of ether oxygens (including phenoxy) is 1. The van der Waals surface area contributed by atoms with Crippen LogP contribution in [0.3, 0.4) is 0 Å². The molecule has 10 heteroatoms. The first-order chi connectivity index (χ1) is 13.1. The maximum absolute atomic E-state index is 12.7. The second kappa shape index (κ2) is 7.34. The molecule has 0 fully saturated rings. The highest BCUT2D eigenvalue weighted by Gasteiger charge is 2.46. The van der Waals surface area contributed by atoms with Gasteiger partial charge in [-0.05, 0) is 36.2 Å². The van der Waals surface area contributed by atoms with E-state index in [9.17, 15) is 26.4 Å². The van der Waals surface area contributed by atoms with E-state index in [1.54, 1.807) is 30.2 Å². The number of sulfonamides is 1. The van der Waals surface area contributed by atoms with E-state index in [0.29, 0.717) is 29.8 Å². The maximum atomic E-state index is 12.7. The summed E-state index contributed by atoms with van der Waals surface area (Å²) in [7, 11) is -3.92. The lowest BCUT2D eigenvalue weighted by molar-refractivity contribution is -0.0429.